The second-order valence-electron chi connectivity index (χ2n) is 5.18. The van der Waals surface area contributed by atoms with Crippen molar-refractivity contribution >= 4 is 28.2 Å². The van der Waals surface area contributed by atoms with Crippen LogP contribution in [-0.2, 0) is 17.6 Å². The number of aryl methyl sites for hydroxylation is 1. The zero-order valence-electron chi connectivity index (χ0n) is 11.9. The average Bonchev–Trinajstić information content (AvgIpc) is 2.81. The van der Waals surface area contributed by atoms with Crippen molar-refractivity contribution < 1.29 is 14.7 Å². The van der Waals surface area contributed by atoms with Crippen molar-refractivity contribution in [3.05, 3.63) is 16.0 Å². The molecule has 2 N–H and O–H groups in total. The Morgan fingerprint density at radius 1 is 1.29 bits per heavy atom. The Bertz CT molecular complexity index is 583. The number of rotatable bonds is 6. The molecule has 0 aliphatic heterocycles. The molecule has 0 fully saturated rings. The van der Waals surface area contributed by atoms with Crippen LogP contribution in [0.4, 0.5) is 5.00 Å². The van der Waals surface area contributed by atoms with Gasteiger partial charge in [-0.2, -0.15) is 0 Å². The highest BCUT2D eigenvalue weighted by Gasteiger charge is 2.25. The van der Waals surface area contributed by atoms with E-state index in [4.69, 9.17) is 6.42 Å². The maximum Gasteiger partial charge on any atom is 0.339 e. The SMILES string of the molecule is C#CCCCCC(=O)Nc1sc2c(c1C(=O)O)CCCC2. The lowest BCUT2D eigenvalue weighted by molar-refractivity contribution is -0.116. The van der Waals surface area contributed by atoms with Gasteiger partial charge in [0.1, 0.15) is 5.00 Å². The molecule has 0 saturated heterocycles. The van der Waals surface area contributed by atoms with Gasteiger partial charge in [0.15, 0.2) is 0 Å². The number of fused-ring (bicyclic) bond motifs is 1. The molecule has 1 aromatic heterocycles. The van der Waals surface area contributed by atoms with Gasteiger partial charge in [-0.05, 0) is 44.1 Å². The molecule has 0 saturated carbocycles. The molecule has 1 heterocycles. The number of carbonyl (C=O) groups is 2. The zero-order valence-corrected chi connectivity index (χ0v) is 12.7. The van der Waals surface area contributed by atoms with Crippen LogP contribution in [0.15, 0.2) is 0 Å². The van der Waals surface area contributed by atoms with Crippen molar-refractivity contribution in [2.75, 3.05) is 5.32 Å². The molecule has 1 aromatic rings. The molecule has 0 spiro atoms. The summed E-state index contributed by atoms with van der Waals surface area (Å²) in [6.07, 6.45) is 11.6. The van der Waals surface area contributed by atoms with Gasteiger partial charge in [0.25, 0.3) is 0 Å². The Balaban J connectivity index is 2.06. The number of unbranched alkanes of at least 4 members (excludes halogenated alkanes) is 2. The lowest BCUT2D eigenvalue weighted by Crippen LogP contribution is -2.13. The third kappa shape index (κ3) is 3.85. The van der Waals surface area contributed by atoms with Gasteiger partial charge in [-0.25, -0.2) is 4.79 Å². The zero-order chi connectivity index (χ0) is 15.2. The normalized spacial score (nSPS) is 13.3. The Morgan fingerprint density at radius 2 is 2.05 bits per heavy atom. The molecule has 1 aliphatic carbocycles. The van der Waals surface area contributed by atoms with Gasteiger partial charge in [-0.3, -0.25) is 4.79 Å². The van der Waals surface area contributed by atoms with Crippen LogP contribution < -0.4 is 5.32 Å². The summed E-state index contributed by atoms with van der Waals surface area (Å²) in [5.74, 6) is 1.46. The molecular formula is C16H19NO3S. The second kappa shape index (κ2) is 7.28. The number of carboxylic acid groups (broad SMARTS) is 1. The van der Waals surface area contributed by atoms with Crippen LogP contribution in [0, 0.1) is 12.3 Å². The van der Waals surface area contributed by atoms with E-state index in [1.165, 1.54) is 11.3 Å². The third-order valence-electron chi connectivity index (χ3n) is 3.61. The standard InChI is InChI=1S/C16H19NO3S/c1-2-3-4-5-10-13(18)17-15-14(16(19)20)11-8-6-7-9-12(11)21-15/h1H,3-10H2,(H,17,18)(H,19,20). The molecule has 21 heavy (non-hydrogen) atoms. The summed E-state index contributed by atoms with van der Waals surface area (Å²) < 4.78 is 0. The Labute approximate surface area is 128 Å². The fourth-order valence-corrected chi connectivity index (χ4v) is 3.88. The lowest BCUT2D eigenvalue weighted by atomic mass is 9.95. The molecule has 1 amide bonds. The van der Waals surface area contributed by atoms with Crippen molar-refractivity contribution in [2.24, 2.45) is 0 Å². The fourth-order valence-electron chi connectivity index (χ4n) is 2.58. The van der Waals surface area contributed by atoms with Gasteiger partial charge in [-0.15, -0.1) is 23.7 Å². The predicted octanol–water partition coefficient (Wildman–Crippen LogP) is 3.46. The first kappa shape index (κ1) is 15.6. The number of carbonyl (C=O) groups excluding carboxylic acids is 1. The summed E-state index contributed by atoms with van der Waals surface area (Å²) in [7, 11) is 0. The highest BCUT2D eigenvalue weighted by Crippen LogP contribution is 2.38. The van der Waals surface area contributed by atoms with Gasteiger partial charge >= 0.3 is 5.97 Å². The molecule has 0 radical (unpaired) electrons. The number of nitrogens with one attached hydrogen (secondary N) is 1. The van der Waals surface area contributed by atoms with E-state index in [9.17, 15) is 14.7 Å². The molecule has 5 heteroatoms. The van der Waals surface area contributed by atoms with Crippen LogP contribution >= 0.6 is 11.3 Å². The number of thiophene rings is 1. The van der Waals surface area contributed by atoms with Crippen molar-refractivity contribution in [1.29, 1.82) is 0 Å². The quantitative estimate of drug-likeness (QED) is 0.625. The maximum atomic E-state index is 11.9. The predicted molar refractivity (Wildman–Crippen MR) is 83.9 cm³/mol. The Hall–Kier alpha value is -1.80. The molecule has 0 atom stereocenters. The van der Waals surface area contributed by atoms with E-state index in [0.717, 1.165) is 49.0 Å². The molecule has 0 bridgehead atoms. The van der Waals surface area contributed by atoms with Crippen molar-refractivity contribution in [3.8, 4) is 12.3 Å². The topological polar surface area (TPSA) is 66.4 Å². The Kier molecular flexibility index (Phi) is 5.40. The number of aromatic carboxylic acids is 1. The highest BCUT2D eigenvalue weighted by molar-refractivity contribution is 7.17. The number of terminal acetylenes is 1. The summed E-state index contributed by atoms with van der Waals surface area (Å²) >= 11 is 1.42. The number of hydrogen-bond donors (Lipinski definition) is 2. The molecule has 4 nitrogen and oxygen atoms in total. The number of amides is 1. The van der Waals surface area contributed by atoms with Crippen LogP contribution in [0.3, 0.4) is 0 Å². The summed E-state index contributed by atoms with van der Waals surface area (Å²) in [6, 6.07) is 0. The van der Waals surface area contributed by atoms with Gasteiger partial charge in [0.05, 0.1) is 5.56 Å². The molecule has 0 unspecified atom stereocenters. The Morgan fingerprint density at radius 3 is 2.76 bits per heavy atom. The lowest BCUT2D eigenvalue weighted by Gasteiger charge is -2.10. The van der Waals surface area contributed by atoms with Crippen LogP contribution in [0.1, 0.15) is 59.3 Å². The minimum atomic E-state index is -0.947. The fraction of sp³-hybridized carbons (Fsp3) is 0.500. The monoisotopic (exact) mass is 305 g/mol. The van der Waals surface area contributed by atoms with Crippen LogP contribution in [0.25, 0.3) is 0 Å². The van der Waals surface area contributed by atoms with Crippen LogP contribution in [-0.4, -0.2) is 17.0 Å². The first-order valence-corrected chi connectivity index (χ1v) is 8.06. The van der Waals surface area contributed by atoms with Gasteiger partial charge < -0.3 is 10.4 Å². The summed E-state index contributed by atoms with van der Waals surface area (Å²) in [4.78, 5) is 24.5. The summed E-state index contributed by atoms with van der Waals surface area (Å²) in [5, 5.41) is 12.7. The minimum Gasteiger partial charge on any atom is -0.478 e. The van der Waals surface area contributed by atoms with E-state index < -0.39 is 5.97 Å². The maximum absolute atomic E-state index is 11.9. The first-order chi connectivity index (χ1) is 10.1. The van der Waals surface area contributed by atoms with Gasteiger partial charge in [-0.1, -0.05) is 0 Å². The molecule has 112 valence electrons. The largest absolute Gasteiger partial charge is 0.478 e. The van der Waals surface area contributed by atoms with Crippen molar-refractivity contribution in [3.63, 3.8) is 0 Å². The first-order valence-electron chi connectivity index (χ1n) is 7.24. The van der Waals surface area contributed by atoms with Gasteiger partial charge in [0, 0.05) is 17.7 Å². The van der Waals surface area contributed by atoms with E-state index in [-0.39, 0.29) is 5.91 Å². The number of anilines is 1. The van der Waals surface area contributed by atoms with Gasteiger partial charge in [0.2, 0.25) is 5.91 Å². The summed E-state index contributed by atoms with van der Waals surface area (Å²) in [6.45, 7) is 0. The van der Waals surface area contributed by atoms with E-state index in [2.05, 4.69) is 11.2 Å². The van der Waals surface area contributed by atoms with Crippen molar-refractivity contribution in [1.82, 2.24) is 0 Å². The second-order valence-corrected chi connectivity index (χ2v) is 6.28. The van der Waals surface area contributed by atoms with Crippen LogP contribution in [0.5, 0.6) is 0 Å². The van der Waals surface area contributed by atoms with E-state index >= 15 is 0 Å². The summed E-state index contributed by atoms with van der Waals surface area (Å²) in [5.41, 5.74) is 1.22. The number of hydrogen-bond acceptors (Lipinski definition) is 3. The van der Waals surface area contributed by atoms with E-state index in [0.29, 0.717) is 23.4 Å². The minimum absolute atomic E-state index is 0.131. The third-order valence-corrected chi connectivity index (χ3v) is 4.82. The highest BCUT2D eigenvalue weighted by atomic mass is 32.1. The molecule has 0 aromatic carbocycles. The smallest absolute Gasteiger partial charge is 0.339 e. The van der Waals surface area contributed by atoms with E-state index in [1.54, 1.807) is 0 Å². The van der Waals surface area contributed by atoms with E-state index in [1.807, 2.05) is 0 Å². The molecule has 1 aliphatic rings. The average molecular weight is 305 g/mol. The molecule has 2 rings (SSSR count). The van der Waals surface area contributed by atoms with Crippen LogP contribution in [0.2, 0.25) is 0 Å². The number of carboxylic acids is 1. The molecular weight excluding hydrogens is 286 g/mol. The van der Waals surface area contributed by atoms with Crippen molar-refractivity contribution in [2.45, 2.75) is 51.4 Å².